The lowest BCUT2D eigenvalue weighted by Gasteiger charge is -1.98. The second-order valence-electron chi connectivity index (χ2n) is 4.13. The van der Waals surface area contributed by atoms with E-state index < -0.39 is 0 Å². The maximum atomic E-state index is 11.8. The van der Waals surface area contributed by atoms with Crippen molar-refractivity contribution < 1.29 is 9.21 Å². The first-order valence-corrected chi connectivity index (χ1v) is 7.57. The molecule has 3 rings (SSSR count). The Kier molecular flexibility index (Phi) is 3.75. The quantitative estimate of drug-likeness (QED) is 0.728. The normalized spacial score (nSPS) is 10.8. The second-order valence-corrected chi connectivity index (χ2v) is 5.61. The minimum atomic E-state index is -0.230. The summed E-state index contributed by atoms with van der Waals surface area (Å²) < 4.78 is 6.67. The third-order valence-electron chi connectivity index (χ3n) is 2.73. The van der Waals surface area contributed by atoms with Gasteiger partial charge in [0, 0.05) is 12.3 Å². The molecule has 0 aliphatic heterocycles. The fraction of sp³-hybridized carbons (Fsp3) is 0.143. The van der Waals surface area contributed by atoms with E-state index in [9.17, 15) is 4.79 Å². The Morgan fingerprint density at radius 2 is 2.15 bits per heavy atom. The zero-order valence-electron chi connectivity index (χ0n) is 10.5. The fourth-order valence-electron chi connectivity index (χ4n) is 1.81. The minimum Gasteiger partial charge on any atom is -0.448 e. The Morgan fingerprint density at radius 3 is 2.95 bits per heavy atom. The topological polar surface area (TPSA) is 55.1 Å². The lowest BCUT2D eigenvalue weighted by Crippen LogP contribution is -2.24. The van der Waals surface area contributed by atoms with Gasteiger partial charge >= 0.3 is 0 Å². The van der Waals surface area contributed by atoms with Crippen molar-refractivity contribution in [2.24, 2.45) is 0 Å². The maximum Gasteiger partial charge on any atom is 0.287 e. The lowest BCUT2D eigenvalue weighted by atomic mass is 10.3. The van der Waals surface area contributed by atoms with Crippen LogP contribution in [0.2, 0.25) is 0 Å². The number of aromatic nitrogens is 1. The Morgan fingerprint density at radius 1 is 1.30 bits per heavy atom. The number of amides is 1. The van der Waals surface area contributed by atoms with Crippen LogP contribution in [0.15, 0.2) is 40.8 Å². The molecule has 0 aliphatic rings. The van der Waals surface area contributed by atoms with Gasteiger partial charge in [-0.05, 0) is 24.3 Å². The highest BCUT2D eigenvalue weighted by Gasteiger charge is 2.14. The molecule has 0 spiro atoms. The predicted octanol–water partition coefficient (Wildman–Crippen LogP) is 3.22. The molecule has 0 atom stereocenters. The summed E-state index contributed by atoms with van der Waals surface area (Å²) >= 11 is 5.59. The summed E-state index contributed by atoms with van der Waals surface area (Å²) in [6.07, 6.45) is 0. The average Bonchev–Trinajstić information content (AvgIpc) is 3.10. The molecule has 0 aliphatic carbocycles. The molecule has 6 heteroatoms. The lowest BCUT2D eigenvalue weighted by molar-refractivity contribution is 0.0929. The number of rotatable bonds is 4. The van der Waals surface area contributed by atoms with Crippen LogP contribution in [0, 0.1) is 0 Å². The fourth-order valence-corrected chi connectivity index (χ4v) is 2.85. The molecule has 1 amide bonds. The van der Waals surface area contributed by atoms with Crippen molar-refractivity contribution in [1.82, 2.24) is 10.3 Å². The molecule has 2 heterocycles. The third kappa shape index (κ3) is 2.57. The molecular formula is C14H12N2O2S2. The summed E-state index contributed by atoms with van der Waals surface area (Å²) in [6, 6.07) is 11.3. The number of carbonyl (C=O) groups is 1. The number of thiazole rings is 1. The summed E-state index contributed by atoms with van der Waals surface area (Å²) in [4.78, 5) is 16.3. The van der Waals surface area contributed by atoms with Crippen molar-refractivity contribution >= 4 is 40.1 Å². The van der Waals surface area contributed by atoms with Gasteiger partial charge in [-0.3, -0.25) is 4.79 Å². The second kappa shape index (κ2) is 5.68. The zero-order valence-corrected chi connectivity index (χ0v) is 12.2. The van der Waals surface area contributed by atoms with E-state index >= 15 is 0 Å². The van der Waals surface area contributed by atoms with Crippen molar-refractivity contribution in [3.05, 3.63) is 42.2 Å². The molecule has 3 aromatic rings. The summed E-state index contributed by atoms with van der Waals surface area (Å²) in [5.41, 5.74) is 0.935. The van der Waals surface area contributed by atoms with E-state index in [1.807, 2.05) is 24.3 Å². The molecule has 0 unspecified atom stereocenters. The largest absolute Gasteiger partial charge is 0.448 e. The number of carbonyl (C=O) groups excluding carboxylic acids is 1. The number of hydrogen-bond donors (Lipinski definition) is 2. The standard InChI is InChI=1S/C14H12N2O2S2/c17-13(15-7-8-19)10-5-6-11(18-10)14-16-9-3-1-2-4-12(9)20-14/h1-6,19H,7-8H2,(H,15,17). The molecule has 2 aromatic heterocycles. The highest BCUT2D eigenvalue weighted by molar-refractivity contribution is 7.80. The van der Waals surface area contributed by atoms with E-state index in [2.05, 4.69) is 22.9 Å². The van der Waals surface area contributed by atoms with Crippen molar-refractivity contribution in [2.45, 2.75) is 0 Å². The van der Waals surface area contributed by atoms with E-state index in [1.165, 1.54) is 0 Å². The SMILES string of the molecule is O=C(NCCS)c1ccc(-c2nc3ccccc3s2)o1. The Labute approximate surface area is 125 Å². The van der Waals surface area contributed by atoms with Crippen LogP contribution in [0.4, 0.5) is 0 Å². The van der Waals surface area contributed by atoms with Gasteiger partial charge in [0.1, 0.15) is 0 Å². The molecule has 0 saturated heterocycles. The van der Waals surface area contributed by atoms with Gasteiger partial charge in [0.05, 0.1) is 10.2 Å². The van der Waals surface area contributed by atoms with Crippen LogP contribution >= 0.6 is 24.0 Å². The van der Waals surface area contributed by atoms with Crippen LogP contribution in [0.1, 0.15) is 10.6 Å². The Hall–Kier alpha value is -1.79. The number of thiol groups is 1. The molecule has 20 heavy (non-hydrogen) atoms. The van der Waals surface area contributed by atoms with E-state index in [4.69, 9.17) is 4.42 Å². The number of hydrogen-bond acceptors (Lipinski definition) is 5. The highest BCUT2D eigenvalue weighted by Crippen LogP contribution is 2.30. The Balaban J connectivity index is 1.87. The summed E-state index contributed by atoms with van der Waals surface area (Å²) in [6.45, 7) is 0.513. The van der Waals surface area contributed by atoms with Crippen LogP contribution < -0.4 is 5.32 Å². The van der Waals surface area contributed by atoms with Gasteiger partial charge < -0.3 is 9.73 Å². The minimum absolute atomic E-state index is 0.230. The highest BCUT2D eigenvalue weighted by atomic mass is 32.1. The first-order valence-electron chi connectivity index (χ1n) is 6.13. The molecule has 0 fully saturated rings. The molecule has 102 valence electrons. The number of nitrogens with zero attached hydrogens (tertiary/aromatic N) is 1. The monoisotopic (exact) mass is 304 g/mol. The van der Waals surface area contributed by atoms with Crippen molar-refractivity contribution in [3.63, 3.8) is 0 Å². The molecule has 0 bridgehead atoms. The van der Waals surface area contributed by atoms with Crippen LogP contribution in [-0.4, -0.2) is 23.2 Å². The first kappa shape index (κ1) is 13.2. The van der Waals surface area contributed by atoms with Gasteiger partial charge in [0.25, 0.3) is 5.91 Å². The zero-order chi connectivity index (χ0) is 13.9. The van der Waals surface area contributed by atoms with Gasteiger partial charge in [-0.1, -0.05) is 12.1 Å². The van der Waals surface area contributed by atoms with Gasteiger partial charge in [0.2, 0.25) is 0 Å². The van der Waals surface area contributed by atoms with Gasteiger partial charge in [0.15, 0.2) is 16.5 Å². The summed E-state index contributed by atoms with van der Waals surface area (Å²) in [7, 11) is 0. The van der Waals surface area contributed by atoms with Crippen LogP contribution in [-0.2, 0) is 0 Å². The van der Waals surface area contributed by atoms with Gasteiger partial charge in [-0.2, -0.15) is 12.6 Å². The number of furan rings is 1. The smallest absolute Gasteiger partial charge is 0.287 e. The number of nitrogens with one attached hydrogen (secondary N) is 1. The summed E-state index contributed by atoms with van der Waals surface area (Å²) in [5, 5.41) is 3.49. The molecule has 4 nitrogen and oxygen atoms in total. The molecule has 0 saturated carbocycles. The van der Waals surface area contributed by atoms with Gasteiger partial charge in [-0.25, -0.2) is 4.98 Å². The van der Waals surface area contributed by atoms with Crippen LogP contribution in [0.25, 0.3) is 21.0 Å². The maximum absolute atomic E-state index is 11.8. The van der Waals surface area contributed by atoms with E-state index in [0.29, 0.717) is 23.8 Å². The van der Waals surface area contributed by atoms with Crippen molar-refractivity contribution in [3.8, 4) is 10.8 Å². The summed E-state index contributed by atoms with van der Waals surface area (Å²) in [5.74, 6) is 1.27. The first-order chi connectivity index (χ1) is 9.78. The molecule has 1 aromatic carbocycles. The van der Waals surface area contributed by atoms with E-state index in [0.717, 1.165) is 15.2 Å². The average molecular weight is 304 g/mol. The Bertz CT molecular complexity index is 715. The van der Waals surface area contributed by atoms with Crippen LogP contribution in [0.3, 0.4) is 0 Å². The number of fused-ring (bicyclic) bond motifs is 1. The molecular weight excluding hydrogens is 292 g/mol. The van der Waals surface area contributed by atoms with Crippen molar-refractivity contribution in [1.29, 1.82) is 0 Å². The van der Waals surface area contributed by atoms with Crippen LogP contribution in [0.5, 0.6) is 0 Å². The molecule has 1 N–H and O–H groups in total. The molecule has 0 radical (unpaired) electrons. The third-order valence-corrected chi connectivity index (χ3v) is 4.01. The number of para-hydroxylation sites is 1. The van der Waals surface area contributed by atoms with Gasteiger partial charge in [-0.15, -0.1) is 11.3 Å². The number of benzene rings is 1. The predicted molar refractivity (Wildman–Crippen MR) is 83.5 cm³/mol. The van der Waals surface area contributed by atoms with E-state index in [1.54, 1.807) is 23.5 Å². The van der Waals surface area contributed by atoms with E-state index in [-0.39, 0.29) is 5.91 Å². The van der Waals surface area contributed by atoms with Crippen molar-refractivity contribution in [2.75, 3.05) is 12.3 Å².